The Bertz CT molecular complexity index is 1150. The molecule has 5 heterocycles. The number of β-amino-alcohol motifs (C(OH)–C–C–N with tert-alkyl or cyclic N) is 1. The molecule has 3 aromatic rings. The van der Waals surface area contributed by atoms with Crippen LogP contribution in [0.15, 0.2) is 30.7 Å². The third-order valence-corrected chi connectivity index (χ3v) is 5.71. The van der Waals surface area contributed by atoms with Crippen molar-refractivity contribution in [1.29, 1.82) is 0 Å². The summed E-state index contributed by atoms with van der Waals surface area (Å²) in [5, 5.41) is 14.2. The number of fused-ring (bicyclic) bond motifs is 1. The monoisotopic (exact) mass is 412 g/mol. The van der Waals surface area contributed by atoms with Crippen molar-refractivity contribution >= 4 is 17.4 Å². The van der Waals surface area contributed by atoms with E-state index in [1.165, 1.54) is 28.8 Å². The van der Waals surface area contributed by atoms with Crippen LogP contribution in [0.4, 0.5) is 10.2 Å². The Hall–Kier alpha value is -3.27. The molecule has 0 aliphatic carbocycles. The van der Waals surface area contributed by atoms with Crippen molar-refractivity contribution in [1.82, 2.24) is 24.5 Å². The molecule has 0 bridgehead atoms. The molecule has 2 fully saturated rings. The van der Waals surface area contributed by atoms with Crippen LogP contribution in [-0.2, 0) is 0 Å². The Morgan fingerprint density at radius 3 is 2.93 bits per heavy atom. The van der Waals surface area contributed by atoms with Crippen molar-refractivity contribution in [2.45, 2.75) is 31.5 Å². The highest BCUT2D eigenvalue weighted by Gasteiger charge is 2.50. The number of aliphatic hydroxyl groups is 1. The zero-order valence-corrected chi connectivity index (χ0v) is 16.6. The van der Waals surface area contributed by atoms with E-state index in [1.807, 2.05) is 6.07 Å². The van der Waals surface area contributed by atoms with E-state index in [9.17, 15) is 14.3 Å². The van der Waals surface area contributed by atoms with Gasteiger partial charge in [-0.05, 0) is 31.9 Å². The fourth-order valence-corrected chi connectivity index (χ4v) is 4.09. The maximum Gasteiger partial charge on any atom is 0.261 e. The van der Waals surface area contributed by atoms with E-state index in [-0.39, 0.29) is 18.5 Å². The maximum atomic E-state index is 13.9. The molecule has 10 heteroatoms. The normalized spacial score (nSPS) is 23.3. The zero-order chi connectivity index (χ0) is 21.0. The van der Waals surface area contributed by atoms with Gasteiger partial charge in [-0.15, -0.1) is 0 Å². The second kappa shape index (κ2) is 6.63. The molecule has 156 valence electrons. The molecule has 2 saturated heterocycles. The average molecular weight is 412 g/mol. The molecule has 0 saturated carbocycles. The van der Waals surface area contributed by atoms with Crippen LogP contribution in [0.3, 0.4) is 0 Å². The molecule has 0 radical (unpaired) electrons. The van der Waals surface area contributed by atoms with E-state index in [0.29, 0.717) is 28.5 Å². The molecule has 0 aromatic carbocycles. The number of amides is 1. The van der Waals surface area contributed by atoms with E-state index < -0.39 is 11.5 Å². The van der Waals surface area contributed by atoms with Gasteiger partial charge in [-0.3, -0.25) is 4.79 Å². The zero-order valence-electron chi connectivity index (χ0n) is 16.6. The highest BCUT2D eigenvalue weighted by atomic mass is 19.1. The lowest BCUT2D eigenvalue weighted by molar-refractivity contribution is 0.0662. The summed E-state index contributed by atoms with van der Waals surface area (Å²) in [6, 6.07) is 3.12. The third kappa shape index (κ3) is 2.95. The van der Waals surface area contributed by atoms with Gasteiger partial charge in [0, 0.05) is 18.3 Å². The molecule has 2 aliphatic rings. The van der Waals surface area contributed by atoms with Crippen LogP contribution in [-0.4, -0.2) is 61.4 Å². The smallest absolute Gasteiger partial charge is 0.261 e. The highest BCUT2D eigenvalue weighted by molar-refractivity contribution is 6.01. The summed E-state index contributed by atoms with van der Waals surface area (Å²) < 4.78 is 20.8. The van der Waals surface area contributed by atoms with Gasteiger partial charge in [0.15, 0.2) is 11.4 Å². The first-order chi connectivity index (χ1) is 14.4. The Morgan fingerprint density at radius 1 is 1.40 bits per heavy atom. The molecule has 30 heavy (non-hydrogen) atoms. The quantitative estimate of drug-likeness (QED) is 0.653. The number of carbonyl (C=O) groups is 1. The summed E-state index contributed by atoms with van der Waals surface area (Å²) in [5.74, 6) is 0.311. The first-order valence-electron chi connectivity index (χ1n) is 9.74. The van der Waals surface area contributed by atoms with Gasteiger partial charge in [-0.2, -0.15) is 5.10 Å². The SMILES string of the molecule is COc1ncc(F)cc1[C@H]1CCCN1c1ccn2ncc(C(=O)N3CC3(C)O)c2n1. The first kappa shape index (κ1) is 18.7. The second-order valence-electron chi connectivity index (χ2n) is 7.82. The number of hydrogen-bond donors (Lipinski definition) is 1. The van der Waals surface area contributed by atoms with Crippen molar-refractivity contribution in [2.24, 2.45) is 0 Å². The van der Waals surface area contributed by atoms with Crippen molar-refractivity contribution < 1.29 is 19.0 Å². The number of aromatic nitrogens is 4. The van der Waals surface area contributed by atoms with Gasteiger partial charge in [0.2, 0.25) is 5.88 Å². The Morgan fingerprint density at radius 2 is 2.20 bits per heavy atom. The van der Waals surface area contributed by atoms with E-state index in [2.05, 4.69) is 15.0 Å². The minimum Gasteiger partial charge on any atom is -0.481 e. The summed E-state index contributed by atoms with van der Waals surface area (Å²) in [4.78, 5) is 24.9. The number of ether oxygens (including phenoxy) is 1. The molecule has 1 N–H and O–H groups in total. The van der Waals surface area contributed by atoms with Crippen molar-refractivity contribution in [3.8, 4) is 5.88 Å². The summed E-state index contributed by atoms with van der Waals surface area (Å²) in [6.07, 6.45) is 6.04. The Labute approximate surface area is 171 Å². The summed E-state index contributed by atoms with van der Waals surface area (Å²) >= 11 is 0. The lowest BCUT2D eigenvalue weighted by atomic mass is 10.1. The lowest BCUT2D eigenvalue weighted by Crippen LogP contribution is -2.25. The number of rotatable bonds is 4. The van der Waals surface area contributed by atoms with E-state index in [0.717, 1.165) is 25.6 Å². The molecular weight excluding hydrogens is 391 g/mol. The minimum absolute atomic E-state index is 0.145. The molecule has 0 spiro atoms. The Kier molecular flexibility index (Phi) is 4.14. The van der Waals surface area contributed by atoms with Crippen molar-refractivity contribution in [3.05, 3.63) is 47.7 Å². The molecule has 5 rings (SSSR count). The van der Waals surface area contributed by atoms with Gasteiger partial charge >= 0.3 is 0 Å². The van der Waals surface area contributed by atoms with Crippen LogP contribution in [0.1, 0.15) is 41.7 Å². The molecule has 3 aromatic heterocycles. The molecule has 1 unspecified atom stereocenters. The van der Waals surface area contributed by atoms with Gasteiger partial charge in [-0.25, -0.2) is 18.9 Å². The van der Waals surface area contributed by atoms with E-state index in [1.54, 1.807) is 13.1 Å². The lowest BCUT2D eigenvalue weighted by Gasteiger charge is -2.27. The number of carbonyl (C=O) groups excluding carboxylic acids is 1. The number of hydrogen-bond acceptors (Lipinski definition) is 7. The van der Waals surface area contributed by atoms with Crippen LogP contribution in [0.5, 0.6) is 5.88 Å². The number of anilines is 1. The number of nitrogens with zero attached hydrogens (tertiary/aromatic N) is 6. The predicted octanol–water partition coefficient (Wildman–Crippen LogP) is 1.78. The standard InChI is InChI=1S/C20H21FN6O3/c1-20(29)11-26(20)19(28)14-10-23-27-7-5-16(24-17(14)27)25-6-3-4-15(25)13-8-12(21)9-22-18(13)30-2/h5,7-10,15,29H,3-4,6,11H2,1-2H3/t15-,20?,26?/m1/s1. The number of methoxy groups -OCH3 is 1. The molecule has 9 nitrogen and oxygen atoms in total. The minimum atomic E-state index is -1.12. The summed E-state index contributed by atoms with van der Waals surface area (Å²) in [6.45, 7) is 2.60. The van der Waals surface area contributed by atoms with Gasteiger partial charge in [0.05, 0.1) is 32.1 Å². The first-order valence-corrected chi connectivity index (χ1v) is 9.74. The van der Waals surface area contributed by atoms with E-state index >= 15 is 0 Å². The fraction of sp³-hybridized carbons (Fsp3) is 0.400. The maximum absolute atomic E-state index is 13.9. The van der Waals surface area contributed by atoms with Gasteiger partial charge < -0.3 is 19.6 Å². The Balaban J connectivity index is 1.52. The highest BCUT2D eigenvalue weighted by Crippen LogP contribution is 2.39. The van der Waals surface area contributed by atoms with Gasteiger partial charge in [0.25, 0.3) is 5.91 Å². The molecule has 2 aliphatic heterocycles. The number of pyridine rings is 1. The van der Waals surface area contributed by atoms with Crippen LogP contribution in [0.2, 0.25) is 0 Å². The van der Waals surface area contributed by atoms with Crippen LogP contribution in [0.25, 0.3) is 5.65 Å². The average Bonchev–Trinajstić information content (AvgIpc) is 3.10. The third-order valence-electron chi connectivity index (χ3n) is 5.71. The number of halogens is 1. The van der Waals surface area contributed by atoms with Crippen molar-refractivity contribution in [3.63, 3.8) is 0 Å². The van der Waals surface area contributed by atoms with Crippen LogP contribution in [0, 0.1) is 5.82 Å². The summed E-state index contributed by atoms with van der Waals surface area (Å²) in [7, 11) is 1.51. The van der Waals surface area contributed by atoms with Crippen LogP contribution >= 0.6 is 0 Å². The molecular formula is C20H21FN6O3. The summed E-state index contributed by atoms with van der Waals surface area (Å²) in [5.41, 5.74) is 0.288. The van der Waals surface area contributed by atoms with Crippen molar-refractivity contribution in [2.75, 3.05) is 25.1 Å². The largest absolute Gasteiger partial charge is 0.481 e. The second-order valence-corrected chi connectivity index (χ2v) is 7.82. The van der Waals surface area contributed by atoms with Crippen LogP contribution < -0.4 is 9.64 Å². The van der Waals surface area contributed by atoms with Gasteiger partial charge in [-0.1, -0.05) is 0 Å². The fourth-order valence-electron chi connectivity index (χ4n) is 4.09. The van der Waals surface area contributed by atoms with E-state index in [4.69, 9.17) is 9.72 Å². The topological polar surface area (TPSA) is 95.9 Å². The molecule has 1 amide bonds. The van der Waals surface area contributed by atoms with Gasteiger partial charge in [0.1, 0.15) is 17.2 Å². The predicted molar refractivity (Wildman–Crippen MR) is 105 cm³/mol. The molecule has 2 atom stereocenters.